The highest BCUT2D eigenvalue weighted by molar-refractivity contribution is 5.83. The zero-order valence-electron chi connectivity index (χ0n) is 17.3. The van der Waals surface area contributed by atoms with Gasteiger partial charge < -0.3 is 9.84 Å². The second kappa shape index (κ2) is 9.98. The lowest BCUT2D eigenvalue weighted by Crippen LogP contribution is -2.21. The molecule has 4 aromatic rings. The first-order valence-corrected chi connectivity index (χ1v) is 9.60. The average Bonchev–Trinajstić information content (AvgIpc) is 3.33. The van der Waals surface area contributed by atoms with Crippen LogP contribution < -0.4 is 10.3 Å². The highest BCUT2D eigenvalue weighted by atomic mass is 19.4. The van der Waals surface area contributed by atoms with Crippen molar-refractivity contribution in [2.24, 2.45) is 0 Å². The Labute approximate surface area is 185 Å². The molecular weight excluding hydrogens is 441 g/mol. The molecule has 8 nitrogen and oxygen atoms in total. The number of benzene rings is 2. The fraction of sp³-hybridized carbons (Fsp3) is 0.182. The van der Waals surface area contributed by atoms with Crippen LogP contribution in [0.15, 0.2) is 66.0 Å². The summed E-state index contributed by atoms with van der Waals surface area (Å²) in [5, 5.41) is 14.5. The SMILES string of the molecule is COc1cccc(CCn2cnc3ccc(-c4cn[nH]c4)cc3c2=O)c1.O=C(O)C(F)(F)F. The number of alkyl halides is 3. The Morgan fingerprint density at radius 1 is 1.18 bits per heavy atom. The maximum atomic E-state index is 12.9. The molecule has 0 radical (unpaired) electrons. The van der Waals surface area contributed by atoms with Crippen molar-refractivity contribution in [3.63, 3.8) is 0 Å². The van der Waals surface area contributed by atoms with Gasteiger partial charge in [-0.15, -0.1) is 0 Å². The normalized spacial score (nSPS) is 11.0. The highest BCUT2D eigenvalue weighted by Crippen LogP contribution is 2.21. The predicted molar refractivity (Wildman–Crippen MR) is 114 cm³/mol. The van der Waals surface area contributed by atoms with Crippen molar-refractivity contribution >= 4 is 16.9 Å². The van der Waals surface area contributed by atoms with Gasteiger partial charge >= 0.3 is 12.1 Å². The third kappa shape index (κ3) is 5.97. The van der Waals surface area contributed by atoms with Gasteiger partial charge in [-0.3, -0.25) is 14.5 Å². The largest absolute Gasteiger partial charge is 0.497 e. The minimum Gasteiger partial charge on any atom is -0.497 e. The summed E-state index contributed by atoms with van der Waals surface area (Å²) in [6.45, 7) is 0.560. The molecule has 2 N–H and O–H groups in total. The van der Waals surface area contributed by atoms with E-state index in [1.165, 1.54) is 0 Å². The lowest BCUT2D eigenvalue weighted by molar-refractivity contribution is -0.192. The van der Waals surface area contributed by atoms with Gasteiger partial charge in [0.25, 0.3) is 5.56 Å². The summed E-state index contributed by atoms with van der Waals surface area (Å²) >= 11 is 0. The van der Waals surface area contributed by atoms with Gasteiger partial charge in [-0.25, -0.2) is 9.78 Å². The number of nitrogens with zero attached hydrogens (tertiary/aromatic N) is 3. The van der Waals surface area contributed by atoms with Gasteiger partial charge in [-0.2, -0.15) is 18.3 Å². The number of carboxylic acid groups (broad SMARTS) is 1. The molecule has 0 spiro atoms. The minimum absolute atomic E-state index is 0.0387. The van der Waals surface area contributed by atoms with Crippen LogP contribution in [0.5, 0.6) is 5.75 Å². The second-order valence-corrected chi connectivity index (χ2v) is 6.87. The average molecular weight is 460 g/mol. The smallest absolute Gasteiger partial charge is 0.490 e. The summed E-state index contributed by atoms with van der Waals surface area (Å²) in [6.07, 6.45) is 0.797. The first kappa shape index (κ1) is 23.5. The quantitative estimate of drug-likeness (QED) is 0.470. The number of hydrogen-bond donors (Lipinski definition) is 2. The van der Waals surface area contributed by atoms with Crippen LogP contribution >= 0.6 is 0 Å². The van der Waals surface area contributed by atoms with Crippen LogP contribution in [0, 0.1) is 0 Å². The molecule has 33 heavy (non-hydrogen) atoms. The molecule has 0 saturated carbocycles. The molecule has 2 aromatic heterocycles. The third-order valence-corrected chi connectivity index (χ3v) is 4.67. The Bertz CT molecular complexity index is 1300. The molecule has 0 aliphatic heterocycles. The Kier molecular flexibility index (Phi) is 7.11. The molecule has 2 aromatic carbocycles. The van der Waals surface area contributed by atoms with E-state index in [9.17, 15) is 18.0 Å². The van der Waals surface area contributed by atoms with Gasteiger partial charge in [0.05, 0.1) is 30.5 Å². The van der Waals surface area contributed by atoms with E-state index in [0.717, 1.165) is 28.9 Å². The summed E-state index contributed by atoms with van der Waals surface area (Å²) in [5.74, 6) is -1.94. The van der Waals surface area contributed by atoms with Crippen molar-refractivity contribution in [2.45, 2.75) is 19.1 Å². The number of hydrogen-bond acceptors (Lipinski definition) is 5. The second-order valence-electron chi connectivity index (χ2n) is 6.87. The molecular formula is C22H19F3N4O4. The van der Waals surface area contributed by atoms with Crippen LogP contribution in [0.1, 0.15) is 5.56 Å². The molecule has 172 valence electrons. The van der Waals surface area contributed by atoms with Gasteiger partial charge in [0, 0.05) is 18.3 Å². The number of nitrogens with one attached hydrogen (secondary N) is 1. The number of methoxy groups -OCH3 is 1. The van der Waals surface area contributed by atoms with Crippen molar-refractivity contribution in [1.82, 2.24) is 19.7 Å². The molecule has 11 heteroatoms. The molecule has 0 fully saturated rings. The lowest BCUT2D eigenvalue weighted by atomic mass is 10.1. The van der Waals surface area contributed by atoms with Gasteiger partial charge in [0.1, 0.15) is 5.75 Å². The van der Waals surface area contributed by atoms with Crippen LogP contribution in [0.3, 0.4) is 0 Å². The minimum atomic E-state index is -5.08. The van der Waals surface area contributed by atoms with E-state index >= 15 is 0 Å². The highest BCUT2D eigenvalue weighted by Gasteiger charge is 2.38. The number of aromatic nitrogens is 4. The number of ether oxygens (including phenoxy) is 1. The summed E-state index contributed by atoms with van der Waals surface area (Å²) < 4.78 is 38.6. The van der Waals surface area contributed by atoms with E-state index in [4.69, 9.17) is 14.6 Å². The van der Waals surface area contributed by atoms with E-state index in [2.05, 4.69) is 15.2 Å². The molecule has 0 aliphatic rings. The molecule has 0 atom stereocenters. The standard InChI is InChI=1S/C20H18N4O2.C2HF3O2/c1-26-17-4-2-3-14(9-17)7-8-24-13-21-19-6-5-15(10-18(19)20(24)25)16-11-22-23-12-16;3-2(4,5)1(6)7/h2-6,9-13H,7-8H2,1H3,(H,22,23);(H,6,7). The van der Waals surface area contributed by atoms with Crippen molar-refractivity contribution in [2.75, 3.05) is 7.11 Å². The van der Waals surface area contributed by atoms with Crippen LogP contribution in [-0.2, 0) is 17.8 Å². The van der Waals surface area contributed by atoms with Crippen molar-refractivity contribution in [3.8, 4) is 16.9 Å². The Morgan fingerprint density at radius 2 is 1.94 bits per heavy atom. The number of rotatable bonds is 5. The van der Waals surface area contributed by atoms with Gasteiger partial charge in [0.2, 0.25) is 0 Å². The topological polar surface area (TPSA) is 110 Å². The summed E-state index contributed by atoms with van der Waals surface area (Å²) in [4.78, 5) is 26.2. The third-order valence-electron chi connectivity index (χ3n) is 4.67. The number of halogens is 3. The van der Waals surface area contributed by atoms with Crippen molar-refractivity contribution in [3.05, 3.63) is 77.1 Å². The Hall–Kier alpha value is -4.15. The number of aliphatic carboxylic acids is 1. The lowest BCUT2D eigenvalue weighted by Gasteiger charge is -2.08. The Morgan fingerprint density at radius 3 is 2.58 bits per heavy atom. The number of carboxylic acids is 1. The van der Waals surface area contributed by atoms with Crippen LogP contribution in [-0.4, -0.2) is 44.1 Å². The summed E-state index contributed by atoms with van der Waals surface area (Å²) in [6, 6.07) is 13.6. The molecule has 0 bridgehead atoms. The first-order chi connectivity index (χ1) is 15.7. The van der Waals surface area contributed by atoms with E-state index < -0.39 is 12.1 Å². The van der Waals surface area contributed by atoms with Gasteiger partial charge in [-0.1, -0.05) is 18.2 Å². The van der Waals surface area contributed by atoms with E-state index in [1.807, 2.05) is 42.5 Å². The predicted octanol–water partition coefficient (Wildman–Crippen LogP) is 3.67. The first-order valence-electron chi connectivity index (χ1n) is 9.60. The number of fused-ring (bicyclic) bond motifs is 1. The summed E-state index contributed by atoms with van der Waals surface area (Å²) in [7, 11) is 1.65. The van der Waals surface area contributed by atoms with Crippen LogP contribution in [0.2, 0.25) is 0 Å². The maximum Gasteiger partial charge on any atom is 0.490 e. The van der Waals surface area contributed by atoms with Gasteiger partial charge in [0.15, 0.2) is 0 Å². The number of carbonyl (C=O) groups is 1. The summed E-state index contributed by atoms with van der Waals surface area (Å²) in [5.41, 5.74) is 3.65. The molecule has 4 rings (SSSR count). The van der Waals surface area contributed by atoms with Crippen molar-refractivity contribution < 1.29 is 27.8 Å². The van der Waals surface area contributed by atoms with Crippen molar-refractivity contribution in [1.29, 1.82) is 0 Å². The zero-order chi connectivity index (χ0) is 24.0. The van der Waals surface area contributed by atoms with Crippen LogP contribution in [0.4, 0.5) is 13.2 Å². The maximum absolute atomic E-state index is 12.9. The van der Waals surface area contributed by atoms with E-state index in [-0.39, 0.29) is 5.56 Å². The number of H-pyrrole nitrogens is 1. The molecule has 0 saturated heterocycles. The van der Waals surface area contributed by atoms with Crippen LogP contribution in [0.25, 0.3) is 22.0 Å². The fourth-order valence-electron chi connectivity index (χ4n) is 2.98. The molecule has 2 heterocycles. The van der Waals surface area contributed by atoms with Gasteiger partial charge in [-0.05, 0) is 41.8 Å². The molecule has 0 amide bonds. The number of aryl methyl sites for hydroxylation is 2. The van der Waals surface area contributed by atoms with E-state index in [0.29, 0.717) is 17.4 Å². The molecule has 0 unspecified atom stereocenters. The zero-order valence-corrected chi connectivity index (χ0v) is 17.3. The number of aromatic amines is 1. The monoisotopic (exact) mass is 460 g/mol. The fourth-order valence-corrected chi connectivity index (χ4v) is 2.98. The Balaban J connectivity index is 0.000000383. The van der Waals surface area contributed by atoms with E-state index in [1.54, 1.807) is 30.4 Å². The molecule has 0 aliphatic carbocycles.